The van der Waals surface area contributed by atoms with Crippen molar-refractivity contribution in [3.8, 4) is 0 Å². The van der Waals surface area contributed by atoms with Crippen LogP contribution in [0.5, 0.6) is 0 Å². The number of benzene rings is 1. The number of Topliss-reactive ketones (excluding diaryl/α,β-unsaturated/α-hetero) is 1. The van der Waals surface area contributed by atoms with Gasteiger partial charge in [-0.05, 0) is 25.6 Å². The molecule has 0 aromatic heterocycles. The van der Waals surface area contributed by atoms with E-state index in [2.05, 4.69) is 18.7 Å². The summed E-state index contributed by atoms with van der Waals surface area (Å²) in [4.78, 5) is 14.4. The molecule has 0 spiro atoms. The summed E-state index contributed by atoms with van der Waals surface area (Å²) in [5.41, 5.74) is 1.11. The standard InChI is InChI=1S/C15H23NO/c1-12(2)14(11-16(3)4)15(17)10-13-8-6-5-7-9-13/h5-9,12,14H,10-11H2,1-4H3. The van der Waals surface area contributed by atoms with Gasteiger partial charge in [-0.15, -0.1) is 0 Å². The molecule has 1 atom stereocenters. The smallest absolute Gasteiger partial charge is 0.141 e. The molecule has 0 aliphatic heterocycles. The van der Waals surface area contributed by atoms with Crippen molar-refractivity contribution in [2.24, 2.45) is 11.8 Å². The molecule has 0 heterocycles. The summed E-state index contributed by atoms with van der Waals surface area (Å²) in [6.07, 6.45) is 0.553. The largest absolute Gasteiger partial charge is 0.309 e. The van der Waals surface area contributed by atoms with Crippen LogP contribution in [0.3, 0.4) is 0 Å². The fraction of sp³-hybridized carbons (Fsp3) is 0.533. The summed E-state index contributed by atoms with van der Waals surface area (Å²) >= 11 is 0. The molecule has 17 heavy (non-hydrogen) atoms. The Bertz CT molecular complexity index is 343. The van der Waals surface area contributed by atoms with Gasteiger partial charge < -0.3 is 4.90 Å². The molecule has 0 aliphatic rings. The SMILES string of the molecule is CC(C)C(CN(C)C)C(=O)Cc1ccccc1. The van der Waals surface area contributed by atoms with Crippen LogP contribution < -0.4 is 0 Å². The van der Waals surface area contributed by atoms with E-state index in [-0.39, 0.29) is 5.92 Å². The van der Waals surface area contributed by atoms with Gasteiger partial charge in [-0.2, -0.15) is 0 Å². The van der Waals surface area contributed by atoms with E-state index in [1.165, 1.54) is 0 Å². The maximum atomic E-state index is 12.3. The Morgan fingerprint density at radius 1 is 1.18 bits per heavy atom. The molecule has 2 heteroatoms. The fourth-order valence-electron chi connectivity index (χ4n) is 2.01. The number of ketones is 1. The van der Waals surface area contributed by atoms with E-state index in [1.54, 1.807) is 0 Å². The number of rotatable bonds is 6. The molecule has 2 nitrogen and oxygen atoms in total. The first-order valence-electron chi connectivity index (χ1n) is 6.22. The first-order chi connectivity index (χ1) is 8.00. The van der Waals surface area contributed by atoms with Gasteiger partial charge in [0.2, 0.25) is 0 Å². The van der Waals surface area contributed by atoms with Gasteiger partial charge in [-0.3, -0.25) is 4.79 Å². The maximum Gasteiger partial charge on any atom is 0.141 e. The van der Waals surface area contributed by atoms with E-state index in [0.717, 1.165) is 12.1 Å². The van der Waals surface area contributed by atoms with Gasteiger partial charge in [0.05, 0.1) is 0 Å². The van der Waals surface area contributed by atoms with Crippen molar-refractivity contribution >= 4 is 5.78 Å². The van der Waals surface area contributed by atoms with Crippen molar-refractivity contribution in [1.82, 2.24) is 4.90 Å². The van der Waals surface area contributed by atoms with Gasteiger partial charge in [0, 0.05) is 18.9 Å². The second-order valence-corrected chi connectivity index (χ2v) is 5.24. The number of carbonyl (C=O) groups excluding carboxylic acids is 1. The van der Waals surface area contributed by atoms with Crippen molar-refractivity contribution in [2.45, 2.75) is 20.3 Å². The first-order valence-corrected chi connectivity index (χ1v) is 6.22. The predicted octanol–water partition coefficient (Wildman–Crippen LogP) is 2.63. The van der Waals surface area contributed by atoms with Gasteiger partial charge in [0.15, 0.2) is 0 Å². The Kier molecular flexibility index (Phi) is 5.36. The highest BCUT2D eigenvalue weighted by molar-refractivity contribution is 5.83. The van der Waals surface area contributed by atoms with Crippen LogP contribution in [0.25, 0.3) is 0 Å². The second kappa shape index (κ2) is 6.55. The van der Waals surface area contributed by atoms with Crippen LogP contribution in [0.2, 0.25) is 0 Å². The molecule has 0 N–H and O–H groups in total. The third-order valence-corrected chi connectivity index (χ3v) is 3.00. The second-order valence-electron chi connectivity index (χ2n) is 5.24. The quantitative estimate of drug-likeness (QED) is 0.753. The Hall–Kier alpha value is -1.15. The van der Waals surface area contributed by atoms with E-state index in [0.29, 0.717) is 18.1 Å². The minimum Gasteiger partial charge on any atom is -0.309 e. The van der Waals surface area contributed by atoms with Gasteiger partial charge >= 0.3 is 0 Å². The van der Waals surface area contributed by atoms with Gasteiger partial charge in [-0.25, -0.2) is 0 Å². The molecule has 0 saturated heterocycles. The number of hydrogen-bond acceptors (Lipinski definition) is 2. The lowest BCUT2D eigenvalue weighted by molar-refractivity contribution is -0.124. The van der Waals surface area contributed by atoms with Gasteiger partial charge in [0.1, 0.15) is 5.78 Å². The van der Waals surface area contributed by atoms with Crippen molar-refractivity contribution in [3.63, 3.8) is 0 Å². The Balaban J connectivity index is 2.66. The summed E-state index contributed by atoms with van der Waals surface area (Å²) in [5, 5.41) is 0. The molecule has 94 valence electrons. The zero-order valence-corrected chi connectivity index (χ0v) is 11.3. The minimum absolute atomic E-state index is 0.130. The van der Waals surface area contributed by atoms with Gasteiger partial charge in [-0.1, -0.05) is 44.2 Å². The third kappa shape index (κ3) is 4.70. The fourth-order valence-corrected chi connectivity index (χ4v) is 2.01. The third-order valence-electron chi connectivity index (χ3n) is 3.00. The van der Waals surface area contributed by atoms with Crippen LogP contribution in [0, 0.1) is 11.8 Å². The molecule has 0 amide bonds. The molecule has 0 saturated carbocycles. The average molecular weight is 233 g/mol. The van der Waals surface area contributed by atoms with Crippen LogP contribution in [0.4, 0.5) is 0 Å². The Labute approximate surface area is 105 Å². The normalized spacial score (nSPS) is 13.1. The maximum absolute atomic E-state index is 12.3. The highest BCUT2D eigenvalue weighted by atomic mass is 16.1. The van der Waals surface area contributed by atoms with Crippen LogP contribution in [-0.2, 0) is 11.2 Å². The lowest BCUT2D eigenvalue weighted by Crippen LogP contribution is -2.32. The van der Waals surface area contributed by atoms with Crippen LogP contribution in [0.15, 0.2) is 30.3 Å². The lowest BCUT2D eigenvalue weighted by Gasteiger charge is -2.23. The first kappa shape index (κ1) is 13.9. The molecule has 1 aromatic rings. The number of hydrogen-bond donors (Lipinski definition) is 0. The monoisotopic (exact) mass is 233 g/mol. The van der Waals surface area contributed by atoms with Gasteiger partial charge in [0.25, 0.3) is 0 Å². The summed E-state index contributed by atoms with van der Waals surface area (Å²) in [5.74, 6) is 0.874. The van der Waals surface area contributed by atoms with Crippen molar-refractivity contribution < 1.29 is 4.79 Å². The van der Waals surface area contributed by atoms with Crippen molar-refractivity contribution in [1.29, 1.82) is 0 Å². The van der Waals surface area contributed by atoms with E-state index < -0.39 is 0 Å². The molecule has 1 aromatic carbocycles. The van der Waals surface area contributed by atoms with Crippen LogP contribution >= 0.6 is 0 Å². The predicted molar refractivity (Wildman–Crippen MR) is 72.0 cm³/mol. The molecular weight excluding hydrogens is 210 g/mol. The number of carbonyl (C=O) groups is 1. The summed E-state index contributed by atoms with van der Waals surface area (Å²) in [7, 11) is 4.04. The summed E-state index contributed by atoms with van der Waals surface area (Å²) in [6, 6.07) is 9.99. The molecule has 1 rings (SSSR count). The summed E-state index contributed by atoms with van der Waals surface area (Å²) in [6.45, 7) is 5.08. The Morgan fingerprint density at radius 3 is 2.24 bits per heavy atom. The molecule has 0 radical (unpaired) electrons. The van der Waals surface area contributed by atoms with E-state index in [1.807, 2.05) is 44.4 Å². The molecule has 0 fully saturated rings. The highest BCUT2D eigenvalue weighted by Crippen LogP contribution is 2.16. The molecule has 0 bridgehead atoms. The zero-order chi connectivity index (χ0) is 12.8. The minimum atomic E-state index is 0.130. The van der Waals surface area contributed by atoms with E-state index in [9.17, 15) is 4.79 Å². The van der Waals surface area contributed by atoms with Crippen molar-refractivity contribution in [2.75, 3.05) is 20.6 Å². The van der Waals surface area contributed by atoms with E-state index >= 15 is 0 Å². The highest BCUT2D eigenvalue weighted by Gasteiger charge is 2.22. The average Bonchev–Trinajstić information content (AvgIpc) is 2.26. The Morgan fingerprint density at radius 2 is 1.76 bits per heavy atom. The van der Waals surface area contributed by atoms with Crippen LogP contribution in [-0.4, -0.2) is 31.3 Å². The van der Waals surface area contributed by atoms with Crippen LogP contribution in [0.1, 0.15) is 19.4 Å². The topological polar surface area (TPSA) is 20.3 Å². The molecule has 0 aliphatic carbocycles. The van der Waals surface area contributed by atoms with E-state index in [4.69, 9.17) is 0 Å². The van der Waals surface area contributed by atoms with Crippen molar-refractivity contribution in [3.05, 3.63) is 35.9 Å². The number of nitrogens with zero attached hydrogens (tertiary/aromatic N) is 1. The lowest BCUT2D eigenvalue weighted by atomic mass is 9.88. The zero-order valence-electron chi connectivity index (χ0n) is 11.3. The molecule has 1 unspecified atom stereocenters. The molecular formula is C15H23NO. The summed E-state index contributed by atoms with van der Waals surface area (Å²) < 4.78 is 0.